The van der Waals surface area contributed by atoms with E-state index in [2.05, 4.69) is 88.3 Å². The zero-order chi connectivity index (χ0) is 21.1. The van der Waals surface area contributed by atoms with Gasteiger partial charge in [-0.1, -0.05) is 77.3 Å². The number of hydrogen-bond donors (Lipinski definition) is 2. The van der Waals surface area contributed by atoms with Crippen LogP contribution in [0.4, 0.5) is 0 Å². The zero-order valence-electron chi connectivity index (χ0n) is 17.6. The molecule has 0 heterocycles. The molecule has 0 aromatic carbocycles. The summed E-state index contributed by atoms with van der Waals surface area (Å²) in [6.45, 7) is 4.35. The van der Waals surface area contributed by atoms with Gasteiger partial charge in [-0.2, -0.15) is 0 Å². The minimum Gasteiger partial charge on any atom is -0.327 e. The first kappa shape index (κ1) is 23.6. The molecule has 0 saturated carbocycles. The molecule has 2 atom stereocenters. The van der Waals surface area contributed by atoms with Crippen molar-refractivity contribution in [2.24, 2.45) is 17.6 Å². The molecule has 0 radical (unpaired) electrons. The quantitative estimate of drug-likeness (QED) is 0.158. The maximum Gasteiger partial charge on any atom is 0.0283 e. The molecule has 29 heavy (non-hydrogen) atoms. The number of nitrogens with one attached hydrogen (secondary N) is 1. The predicted octanol–water partition coefficient (Wildman–Crippen LogP) is 7.15. The third-order valence-electron chi connectivity index (χ3n) is 5.31. The average molecular weight is 500 g/mol. The molecule has 2 aliphatic rings. The summed E-state index contributed by atoms with van der Waals surface area (Å²) in [5.41, 5.74) is 11.3. The Morgan fingerprint density at radius 3 is 2.66 bits per heavy atom. The Bertz CT molecular complexity index is 816. The second-order valence-electron chi connectivity index (χ2n) is 7.48. The fraction of sp³-hybridized carbons (Fsp3) is 0.346. The van der Waals surface area contributed by atoms with Gasteiger partial charge in [-0.3, -0.25) is 0 Å². The molecule has 0 saturated heterocycles. The van der Waals surface area contributed by atoms with E-state index in [9.17, 15) is 0 Å². The summed E-state index contributed by atoms with van der Waals surface area (Å²) in [5, 5.41) is 7.82. The van der Waals surface area contributed by atoms with E-state index >= 15 is 0 Å². The Morgan fingerprint density at radius 1 is 1.21 bits per heavy atom. The molecule has 0 fully saturated rings. The van der Waals surface area contributed by atoms with Crippen molar-refractivity contribution >= 4 is 28.3 Å². The lowest BCUT2D eigenvalue weighted by molar-refractivity contribution is 0.466. The lowest BCUT2D eigenvalue weighted by Gasteiger charge is -2.27. The first-order valence-electron chi connectivity index (χ1n) is 10.4. The maximum atomic E-state index is 7.82. The molecular weight excluding hydrogens is 467 g/mol. The van der Waals surface area contributed by atoms with E-state index in [0.717, 1.165) is 12.0 Å². The second-order valence-corrected chi connectivity index (χ2v) is 8.20. The number of rotatable bonds is 8. The van der Waals surface area contributed by atoms with Gasteiger partial charge in [0.1, 0.15) is 0 Å². The standard InChI is InChI=1S/C26H33IN2/c1-3-22(15-17-27)26(23(16-18-28)14-13-20(2)29)25-12-8-7-11-24(25)19-21-9-5-4-6-10-21/h3,5,7-9,11-17,21,24,29H,4,6,10,18-19,28H2,1-2H3/b14-13-,17-15-,22-3+,23-16+,26-25+,29-20?. The SMILES string of the molecule is C/C=C(\C=C/I)C(/C(/C=C\C(C)=N)=C/CN)=C1/C=CC=CC1CC1C=CCCC1. The van der Waals surface area contributed by atoms with E-state index in [-0.39, 0.29) is 0 Å². The van der Waals surface area contributed by atoms with Gasteiger partial charge in [0.15, 0.2) is 0 Å². The van der Waals surface area contributed by atoms with Crippen molar-refractivity contribution in [1.29, 1.82) is 5.41 Å². The van der Waals surface area contributed by atoms with Crippen LogP contribution in [0.15, 0.2) is 93.2 Å². The minimum absolute atomic E-state index is 0.371. The highest BCUT2D eigenvalue weighted by Crippen LogP contribution is 2.37. The molecule has 3 heteroatoms. The Labute approximate surface area is 190 Å². The third kappa shape index (κ3) is 7.23. The highest BCUT2D eigenvalue weighted by molar-refractivity contribution is 14.1. The first-order chi connectivity index (χ1) is 14.1. The Kier molecular flexibility index (Phi) is 10.4. The number of halogens is 1. The smallest absolute Gasteiger partial charge is 0.0283 e. The molecule has 0 aliphatic heterocycles. The molecule has 2 nitrogen and oxygen atoms in total. The van der Waals surface area contributed by atoms with Crippen molar-refractivity contribution in [1.82, 2.24) is 0 Å². The number of hydrogen-bond acceptors (Lipinski definition) is 2. The van der Waals surface area contributed by atoms with E-state index in [4.69, 9.17) is 11.1 Å². The fourth-order valence-corrected chi connectivity index (χ4v) is 4.34. The van der Waals surface area contributed by atoms with Gasteiger partial charge in [0.2, 0.25) is 0 Å². The monoisotopic (exact) mass is 500 g/mol. The van der Waals surface area contributed by atoms with Gasteiger partial charge in [0.05, 0.1) is 0 Å². The molecule has 0 bridgehead atoms. The molecule has 154 valence electrons. The van der Waals surface area contributed by atoms with Crippen molar-refractivity contribution in [3.8, 4) is 0 Å². The van der Waals surface area contributed by atoms with Crippen molar-refractivity contribution in [2.45, 2.75) is 39.5 Å². The van der Waals surface area contributed by atoms with Crippen LogP contribution in [-0.2, 0) is 0 Å². The maximum absolute atomic E-state index is 7.82. The molecule has 2 rings (SSSR count). The Hall–Kier alpha value is -1.72. The molecular formula is C26H33IN2. The molecule has 0 aromatic rings. The third-order valence-corrected chi connectivity index (χ3v) is 5.67. The number of nitrogens with two attached hydrogens (primary N) is 1. The summed E-state index contributed by atoms with van der Waals surface area (Å²) < 4.78 is 2.06. The van der Waals surface area contributed by atoms with Gasteiger partial charge >= 0.3 is 0 Å². The molecule has 0 spiro atoms. The molecule has 2 aliphatic carbocycles. The first-order valence-corrected chi connectivity index (χ1v) is 11.7. The van der Waals surface area contributed by atoms with E-state index < -0.39 is 0 Å². The largest absolute Gasteiger partial charge is 0.327 e. The minimum atomic E-state index is 0.371. The van der Waals surface area contributed by atoms with Crippen LogP contribution in [0.5, 0.6) is 0 Å². The number of allylic oxidation sites excluding steroid dienone is 14. The lowest BCUT2D eigenvalue weighted by atomic mass is 9.78. The lowest BCUT2D eigenvalue weighted by Crippen LogP contribution is -2.13. The normalized spacial score (nSPS) is 24.7. The zero-order valence-corrected chi connectivity index (χ0v) is 19.7. The van der Waals surface area contributed by atoms with Gasteiger partial charge in [-0.15, -0.1) is 0 Å². The average Bonchev–Trinajstić information content (AvgIpc) is 2.73. The highest BCUT2D eigenvalue weighted by atomic mass is 127. The van der Waals surface area contributed by atoms with Crippen molar-refractivity contribution in [3.63, 3.8) is 0 Å². The van der Waals surface area contributed by atoms with Crippen molar-refractivity contribution in [2.75, 3.05) is 6.54 Å². The summed E-state index contributed by atoms with van der Waals surface area (Å²) in [5.74, 6) is 1.01. The topological polar surface area (TPSA) is 49.9 Å². The molecule has 0 aromatic heterocycles. The molecule has 2 unspecified atom stereocenters. The summed E-state index contributed by atoms with van der Waals surface area (Å²) >= 11 is 2.28. The summed E-state index contributed by atoms with van der Waals surface area (Å²) in [6.07, 6.45) is 28.8. The summed E-state index contributed by atoms with van der Waals surface area (Å²) in [7, 11) is 0. The highest BCUT2D eigenvalue weighted by Gasteiger charge is 2.22. The van der Waals surface area contributed by atoms with Gasteiger partial charge in [-0.25, -0.2) is 0 Å². The van der Waals surface area contributed by atoms with Gasteiger partial charge in [-0.05, 0) is 84.0 Å². The van der Waals surface area contributed by atoms with Gasteiger partial charge in [0.25, 0.3) is 0 Å². The Balaban J connectivity index is 2.59. The van der Waals surface area contributed by atoms with E-state index in [1.165, 1.54) is 36.0 Å². The molecule has 0 amide bonds. The van der Waals surface area contributed by atoms with Crippen molar-refractivity contribution in [3.05, 3.63) is 93.2 Å². The van der Waals surface area contributed by atoms with Crippen LogP contribution in [0.3, 0.4) is 0 Å². The van der Waals surface area contributed by atoms with E-state index in [0.29, 0.717) is 24.1 Å². The summed E-state index contributed by atoms with van der Waals surface area (Å²) in [6, 6.07) is 0. The van der Waals surface area contributed by atoms with E-state index in [1.54, 1.807) is 6.92 Å². The fourth-order valence-electron chi connectivity index (χ4n) is 3.95. The second kappa shape index (κ2) is 12.8. The van der Waals surface area contributed by atoms with Crippen LogP contribution in [0, 0.1) is 17.2 Å². The predicted molar refractivity (Wildman–Crippen MR) is 136 cm³/mol. The molecule has 3 N–H and O–H groups in total. The van der Waals surface area contributed by atoms with Crippen LogP contribution in [0.25, 0.3) is 0 Å². The van der Waals surface area contributed by atoms with E-state index in [1.807, 2.05) is 12.2 Å². The van der Waals surface area contributed by atoms with Crippen LogP contribution in [0.1, 0.15) is 39.5 Å². The van der Waals surface area contributed by atoms with Gasteiger partial charge < -0.3 is 11.1 Å². The summed E-state index contributed by atoms with van der Waals surface area (Å²) in [4.78, 5) is 0. The van der Waals surface area contributed by atoms with Gasteiger partial charge in [0, 0.05) is 18.2 Å². The van der Waals surface area contributed by atoms with Crippen molar-refractivity contribution < 1.29 is 0 Å². The van der Waals surface area contributed by atoms with Crippen LogP contribution in [-0.4, -0.2) is 12.3 Å². The van der Waals surface area contributed by atoms with Crippen LogP contribution < -0.4 is 5.73 Å². The Morgan fingerprint density at radius 2 is 2.03 bits per heavy atom. The van der Waals surface area contributed by atoms with Crippen LogP contribution >= 0.6 is 22.6 Å². The van der Waals surface area contributed by atoms with Crippen LogP contribution in [0.2, 0.25) is 0 Å².